The maximum absolute atomic E-state index is 12.6. The molecule has 2 amide bonds. The molecule has 1 atom stereocenters. The standard InChI is InChI=1S/C14H16ClN3O4/c1-17-7-14(22-13(17)21)3-2-4-18(8-14)12(20)9-5-10(15)11(19)16-6-9/h5-6H,2-4,7-8H2,1H3,(H,16,19)/t14-/m0/s1. The first-order valence-corrected chi connectivity index (χ1v) is 7.40. The number of amides is 2. The second-order valence-electron chi connectivity index (χ2n) is 5.80. The van der Waals surface area contributed by atoms with Crippen LogP contribution in [0.15, 0.2) is 17.1 Å². The molecule has 7 nitrogen and oxygen atoms in total. The topological polar surface area (TPSA) is 82.7 Å². The number of aromatic amines is 1. The molecule has 8 heteroatoms. The fourth-order valence-electron chi connectivity index (χ4n) is 3.04. The van der Waals surface area contributed by atoms with Crippen molar-refractivity contribution in [2.75, 3.05) is 26.7 Å². The van der Waals surface area contributed by atoms with Gasteiger partial charge in [0, 0.05) is 19.8 Å². The number of nitrogens with zero attached hydrogens (tertiary/aromatic N) is 2. The van der Waals surface area contributed by atoms with E-state index < -0.39 is 11.2 Å². The van der Waals surface area contributed by atoms with E-state index in [2.05, 4.69) is 4.98 Å². The molecule has 118 valence electrons. The Labute approximate surface area is 131 Å². The van der Waals surface area contributed by atoms with E-state index in [-0.39, 0.29) is 17.0 Å². The van der Waals surface area contributed by atoms with Gasteiger partial charge in [0.05, 0.1) is 18.7 Å². The molecule has 0 aliphatic carbocycles. The predicted octanol–water partition coefficient (Wildman–Crippen LogP) is 1.09. The molecule has 0 bridgehead atoms. The summed E-state index contributed by atoms with van der Waals surface area (Å²) >= 11 is 5.77. The van der Waals surface area contributed by atoms with Crippen LogP contribution in [0.1, 0.15) is 23.2 Å². The molecular formula is C14H16ClN3O4. The van der Waals surface area contributed by atoms with Crippen LogP contribution in [-0.4, -0.2) is 59.1 Å². The van der Waals surface area contributed by atoms with Gasteiger partial charge in [-0.05, 0) is 18.9 Å². The lowest BCUT2D eigenvalue weighted by atomic mass is 9.92. The summed E-state index contributed by atoms with van der Waals surface area (Å²) in [5.74, 6) is -0.233. The lowest BCUT2D eigenvalue weighted by Gasteiger charge is -2.38. The SMILES string of the molecule is CN1C[C@]2(CCCN(C(=O)c3c[nH]c(=O)c(Cl)c3)C2)OC1=O. The molecule has 0 unspecified atom stereocenters. The first-order chi connectivity index (χ1) is 10.4. The zero-order valence-electron chi connectivity index (χ0n) is 12.1. The van der Waals surface area contributed by atoms with E-state index in [9.17, 15) is 14.4 Å². The van der Waals surface area contributed by atoms with Crippen molar-refractivity contribution in [3.63, 3.8) is 0 Å². The number of likely N-dealkylation sites (N-methyl/N-ethyl adjacent to an activating group) is 1. The Balaban J connectivity index is 1.80. The number of H-pyrrole nitrogens is 1. The van der Waals surface area contributed by atoms with E-state index in [1.165, 1.54) is 17.2 Å². The molecular weight excluding hydrogens is 310 g/mol. The van der Waals surface area contributed by atoms with Crippen molar-refractivity contribution >= 4 is 23.6 Å². The maximum Gasteiger partial charge on any atom is 0.410 e. The van der Waals surface area contributed by atoms with Crippen molar-refractivity contribution in [2.45, 2.75) is 18.4 Å². The number of nitrogens with one attached hydrogen (secondary N) is 1. The van der Waals surface area contributed by atoms with Gasteiger partial charge >= 0.3 is 6.09 Å². The first-order valence-electron chi connectivity index (χ1n) is 7.02. The monoisotopic (exact) mass is 325 g/mol. The molecule has 3 rings (SSSR count). The van der Waals surface area contributed by atoms with Crippen molar-refractivity contribution in [3.8, 4) is 0 Å². The molecule has 22 heavy (non-hydrogen) atoms. The summed E-state index contributed by atoms with van der Waals surface area (Å²) in [5, 5.41) is -0.0235. The summed E-state index contributed by atoms with van der Waals surface area (Å²) in [5.41, 5.74) is -0.745. The number of ether oxygens (including phenoxy) is 1. The Morgan fingerprint density at radius 2 is 2.18 bits per heavy atom. The number of pyridine rings is 1. The Bertz CT molecular complexity index is 689. The lowest BCUT2D eigenvalue weighted by Crippen LogP contribution is -2.52. The number of hydrogen-bond donors (Lipinski definition) is 1. The molecule has 2 aliphatic rings. The normalized spacial score (nSPS) is 24.7. The van der Waals surface area contributed by atoms with E-state index in [1.807, 2.05) is 0 Å². The van der Waals surface area contributed by atoms with Crippen LogP contribution in [0.3, 0.4) is 0 Å². The van der Waals surface area contributed by atoms with Crippen molar-refractivity contribution in [2.24, 2.45) is 0 Å². The van der Waals surface area contributed by atoms with Gasteiger partial charge in [-0.1, -0.05) is 11.6 Å². The van der Waals surface area contributed by atoms with Crippen LogP contribution in [0.25, 0.3) is 0 Å². The highest BCUT2D eigenvalue weighted by molar-refractivity contribution is 6.30. The molecule has 0 saturated carbocycles. The summed E-state index contributed by atoms with van der Waals surface area (Å²) < 4.78 is 5.47. The van der Waals surface area contributed by atoms with Crippen molar-refractivity contribution in [1.29, 1.82) is 0 Å². The Morgan fingerprint density at radius 1 is 1.41 bits per heavy atom. The van der Waals surface area contributed by atoms with E-state index >= 15 is 0 Å². The van der Waals surface area contributed by atoms with E-state index in [1.54, 1.807) is 11.9 Å². The number of rotatable bonds is 1. The summed E-state index contributed by atoms with van der Waals surface area (Å²) in [6, 6.07) is 1.36. The number of halogens is 1. The predicted molar refractivity (Wildman–Crippen MR) is 79.1 cm³/mol. The highest BCUT2D eigenvalue weighted by Crippen LogP contribution is 2.31. The Hall–Kier alpha value is -2.02. The minimum atomic E-state index is -0.633. The quantitative estimate of drug-likeness (QED) is 0.837. The number of hydrogen-bond acceptors (Lipinski definition) is 4. The maximum atomic E-state index is 12.6. The molecule has 2 aliphatic heterocycles. The highest BCUT2D eigenvalue weighted by Gasteiger charge is 2.47. The summed E-state index contributed by atoms with van der Waals surface area (Å²) in [6.07, 6.45) is 2.48. The third-order valence-corrected chi connectivity index (χ3v) is 4.35. The molecule has 1 spiro atoms. The summed E-state index contributed by atoms with van der Waals surface area (Å²) in [7, 11) is 1.68. The fourth-order valence-corrected chi connectivity index (χ4v) is 3.21. The van der Waals surface area contributed by atoms with Crippen molar-refractivity contribution in [1.82, 2.24) is 14.8 Å². The van der Waals surface area contributed by atoms with E-state index in [4.69, 9.17) is 16.3 Å². The number of carbonyl (C=O) groups excluding carboxylic acids is 2. The minimum Gasteiger partial charge on any atom is -0.439 e. The number of aromatic nitrogens is 1. The molecule has 2 saturated heterocycles. The number of likely N-dealkylation sites (tertiary alicyclic amines) is 1. The largest absolute Gasteiger partial charge is 0.439 e. The van der Waals surface area contributed by atoms with E-state index in [0.29, 0.717) is 25.2 Å². The average molecular weight is 326 g/mol. The molecule has 1 aromatic rings. The number of carbonyl (C=O) groups is 2. The van der Waals surface area contributed by atoms with Gasteiger partial charge in [-0.15, -0.1) is 0 Å². The Morgan fingerprint density at radius 3 is 2.82 bits per heavy atom. The smallest absolute Gasteiger partial charge is 0.410 e. The van der Waals surface area contributed by atoms with Gasteiger partial charge in [-0.3, -0.25) is 9.59 Å². The number of piperidine rings is 1. The van der Waals surface area contributed by atoms with Crippen LogP contribution in [0.4, 0.5) is 4.79 Å². The van der Waals surface area contributed by atoms with Crippen LogP contribution in [0, 0.1) is 0 Å². The molecule has 3 heterocycles. The van der Waals surface area contributed by atoms with E-state index in [0.717, 1.165) is 12.8 Å². The zero-order valence-corrected chi connectivity index (χ0v) is 12.9. The van der Waals surface area contributed by atoms with Gasteiger partial charge in [0.25, 0.3) is 11.5 Å². The van der Waals surface area contributed by atoms with Gasteiger partial charge in [0.2, 0.25) is 0 Å². The molecule has 0 aromatic carbocycles. The lowest BCUT2D eigenvalue weighted by molar-refractivity contribution is -0.00522. The van der Waals surface area contributed by atoms with Crippen LogP contribution in [0.5, 0.6) is 0 Å². The molecule has 0 radical (unpaired) electrons. The third kappa shape index (κ3) is 2.56. The molecule has 1 N–H and O–H groups in total. The zero-order chi connectivity index (χ0) is 15.9. The fraction of sp³-hybridized carbons (Fsp3) is 0.500. The summed E-state index contributed by atoms with van der Waals surface area (Å²) in [6.45, 7) is 1.40. The highest BCUT2D eigenvalue weighted by atomic mass is 35.5. The van der Waals surface area contributed by atoms with Crippen LogP contribution in [0.2, 0.25) is 5.02 Å². The van der Waals surface area contributed by atoms with Gasteiger partial charge in [-0.2, -0.15) is 0 Å². The van der Waals surface area contributed by atoms with Crippen LogP contribution >= 0.6 is 11.6 Å². The van der Waals surface area contributed by atoms with Gasteiger partial charge in [0.1, 0.15) is 10.6 Å². The minimum absolute atomic E-state index is 0.0235. The van der Waals surface area contributed by atoms with Crippen LogP contribution < -0.4 is 5.56 Å². The second-order valence-corrected chi connectivity index (χ2v) is 6.21. The second kappa shape index (κ2) is 5.31. The molecule has 2 fully saturated rings. The first kappa shape index (κ1) is 14.9. The van der Waals surface area contributed by atoms with Gasteiger partial charge in [0.15, 0.2) is 0 Å². The third-order valence-electron chi connectivity index (χ3n) is 4.07. The molecule has 1 aromatic heterocycles. The van der Waals surface area contributed by atoms with Crippen molar-refractivity contribution in [3.05, 3.63) is 33.2 Å². The Kier molecular flexibility index (Phi) is 3.60. The summed E-state index contributed by atoms with van der Waals surface area (Å²) in [4.78, 5) is 41.0. The van der Waals surface area contributed by atoms with Crippen molar-refractivity contribution < 1.29 is 14.3 Å². The van der Waals surface area contributed by atoms with Gasteiger partial charge in [-0.25, -0.2) is 4.79 Å². The van der Waals surface area contributed by atoms with Gasteiger partial charge < -0.3 is 19.5 Å². The van der Waals surface area contributed by atoms with Crippen LogP contribution in [-0.2, 0) is 4.74 Å². The average Bonchev–Trinajstić information content (AvgIpc) is 2.75.